The monoisotopic (exact) mass is 638 g/mol. The van der Waals surface area contributed by atoms with Crippen LogP contribution in [0.3, 0.4) is 0 Å². The van der Waals surface area contributed by atoms with Crippen LogP contribution in [0.2, 0.25) is 15.1 Å². The summed E-state index contributed by atoms with van der Waals surface area (Å²) in [5.74, 6) is 0.325. The fourth-order valence-electron chi connectivity index (χ4n) is 4.56. The molecule has 0 fully saturated rings. The number of nitrogens with zero attached hydrogens (tertiary/aromatic N) is 3. The molecule has 2 N–H and O–H groups in total. The van der Waals surface area contributed by atoms with Crippen molar-refractivity contribution in [2.24, 2.45) is 0 Å². The van der Waals surface area contributed by atoms with E-state index < -0.39 is 26.0 Å². The van der Waals surface area contributed by atoms with Gasteiger partial charge in [-0.1, -0.05) is 34.8 Å². The van der Waals surface area contributed by atoms with Crippen LogP contribution in [0, 0.1) is 0 Å². The van der Waals surface area contributed by atoms with Crippen molar-refractivity contribution in [3.05, 3.63) is 57.1 Å². The Labute approximate surface area is 241 Å². The topological polar surface area (TPSA) is 132 Å². The van der Waals surface area contributed by atoms with E-state index in [0.29, 0.717) is 57.4 Å². The van der Waals surface area contributed by atoms with Gasteiger partial charge in [-0.15, -0.1) is 0 Å². The van der Waals surface area contributed by atoms with E-state index in [1.807, 2.05) is 16.7 Å². The summed E-state index contributed by atoms with van der Waals surface area (Å²) in [6, 6.07) is 8.61. The fourth-order valence-corrected chi connectivity index (χ4v) is 6.10. The lowest BCUT2D eigenvalue weighted by atomic mass is 10.2. The highest BCUT2D eigenvalue weighted by atomic mass is 35.5. The molecule has 10 nitrogen and oxygen atoms in total. The molecule has 0 unspecified atom stereocenters. The Balaban J connectivity index is 1.79. The van der Waals surface area contributed by atoms with Gasteiger partial charge in [0, 0.05) is 30.6 Å². The van der Waals surface area contributed by atoms with E-state index in [1.165, 1.54) is 0 Å². The molecule has 1 aromatic heterocycles. The first-order chi connectivity index (χ1) is 18.3. The molecule has 0 atom stereocenters. The van der Waals surface area contributed by atoms with E-state index in [0.717, 1.165) is 11.4 Å². The van der Waals surface area contributed by atoms with Crippen LogP contribution < -0.4 is 14.4 Å². The lowest BCUT2D eigenvalue weighted by Crippen LogP contribution is -2.37. The van der Waals surface area contributed by atoms with E-state index in [9.17, 15) is 21.4 Å². The maximum Gasteiger partial charge on any atom is 0.377 e. The summed E-state index contributed by atoms with van der Waals surface area (Å²) >= 11 is 18.9. The van der Waals surface area contributed by atoms with Gasteiger partial charge < -0.3 is 14.2 Å². The first-order valence-electron chi connectivity index (χ1n) is 12.1. The molecule has 1 aliphatic rings. The largest absolute Gasteiger partial charge is 0.398 e. The average Bonchev–Trinajstić information content (AvgIpc) is 3.30. The molecule has 1 aliphatic heterocycles. The predicted octanol–water partition coefficient (Wildman–Crippen LogP) is 5.27. The molecule has 0 amide bonds. The van der Waals surface area contributed by atoms with Crippen LogP contribution in [0.4, 0.5) is 11.4 Å². The molecule has 212 valence electrons. The van der Waals surface area contributed by atoms with E-state index in [-0.39, 0.29) is 25.1 Å². The smallest absolute Gasteiger partial charge is 0.377 e. The normalized spacial score (nSPS) is 15.1. The van der Waals surface area contributed by atoms with Crippen LogP contribution in [-0.4, -0.2) is 50.5 Å². The van der Waals surface area contributed by atoms with Crippen LogP contribution in [0.1, 0.15) is 32.1 Å². The quantitative estimate of drug-likeness (QED) is 0.164. The van der Waals surface area contributed by atoms with Gasteiger partial charge in [0.1, 0.15) is 5.82 Å². The first-order valence-corrected chi connectivity index (χ1v) is 16.4. The SMILES string of the molecule is CCN1C(=Cc2oc3ccc(Cl)cc3[n+]2CCCS(=O)(=O)O)N(CCCCS(=O)(=O)O)c2cc(Cl)c(Cl)cc21. The maximum absolute atomic E-state index is 11.3. The zero-order chi connectivity index (χ0) is 28.5. The van der Waals surface area contributed by atoms with Crippen molar-refractivity contribution in [2.45, 2.75) is 32.7 Å². The summed E-state index contributed by atoms with van der Waals surface area (Å²) in [4.78, 5) is 3.97. The minimum absolute atomic E-state index is 0.128. The van der Waals surface area contributed by atoms with Crippen LogP contribution >= 0.6 is 34.8 Å². The number of fused-ring (bicyclic) bond motifs is 2. The molecule has 0 aliphatic carbocycles. The average molecular weight is 640 g/mol. The first kappa shape index (κ1) is 29.9. The molecule has 0 radical (unpaired) electrons. The number of halogens is 3. The van der Waals surface area contributed by atoms with Gasteiger partial charge in [-0.25, -0.2) is 0 Å². The van der Waals surface area contributed by atoms with Gasteiger partial charge in [0.15, 0.2) is 6.54 Å². The van der Waals surface area contributed by atoms with Crippen LogP contribution in [0.25, 0.3) is 17.2 Å². The summed E-state index contributed by atoms with van der Waals surface area (Å²) < 4.78 is 71.4. The predicted molar refractivity (Wildman–Crippen MR) is 153 cm³/mol. The molecule has 4 rings (SSSR count). The summed E-state index contributed by atoms with van der Waals surface area (Å²) in [5.41, 5.74) is 2.74. The zero-order valence-corrected chi connectivity index (χ0v) is 24.7. The minimum Gasteiger partial charge on any atom is -0.398 e. The molecule has 0 saturated heterocycles. The second kappa shape index (κ2) is 11.8. The van der Waals surface area contributed by atoms with Crippen molar-refractivity contribution in [1.82, 2.24) is 0 Å². The number of benzene rings is 2. The Bertz CT molecular complexity index is 1640. The molecule has 0 saturated carbocycles. The fraction of sp³-hybridized carbons (Fsp3) is 0.375. The summed E-state index contributed by atoms with van der Waals surface area (Å²) in [6.45, 7) is 3.13. The Morgan fingerprint density at radius 1 is 0.897 bits per heavy atom. The summed E-state index contributed by atoms with van der Waals surface area (Å²) in [7, 11) is -8.24. The minimum atomic E-state index is -4.15. The van der Waals surface area contributed by atoms with Gasteiger partial charge in [0.2, 0.25) is 5.58 Å². The maximum atomic E-state index is 11.3. The Kier molecular flexibility index (Phi) is 9.06. The van der Waals surface area contributed by atoms with E-state index in [4.69, 9.17) is 43.8 Å². The van der Waals surface area contributed by atoms with Gasteiger partial charge >= 0.3 is 5.89 Å². The molecule has 39 heavy (non-hydrogen) atoms. The molecule has 2 aromatic carbocycles. The number of oxazole rings is 1. The van der Waals surface area contributed by atoms with Gasteiger partial charge in [0.25, 0.3) is 25.8 Å². The lowest BCUT2D eigenvalue weighted by molar-refractivity contribution is -0.677. The number of rotatable bonds is 11. The third-order valence-electron chi connectivity index (χ3n) is 6.23. The van der Waals surface area contributed by atoms with Crippen LogP contribution in [-0.2, 0) is 26.8 Å². The molecule has 2 heterocycles. The van der Waals surface area contributed by atoms with Gasteiger partial charge in [-0.2, -0.15) is 21.4 Å². The molecule has 15 heteroatoms. The second-order valence-electron chi connectivity index (χ2n) is 8.99. The standard InChI is InChI=1S/C24H26Cl3N3O7S2/c1-2-28-19-13-17(26)18(27)14-20(19)29(8-3-4-10-38(31,32)33)23(28)15-24-30(9-5-11-39(34,35)36)21-12-16(25)6-7-22(21)37-24/h6-7,12-15H,2-5,8-11H2,1H3,(H-,31,32,33,34,35,36)/p+1. The third kappa shape index (κ3) is 7.18. The number of unbranched alkanes of at least 4 members (excludes halogenated alkanes) is 1. The van der Waals surface area contributed by atoms with Crippen molar-refractivity contribution in [3.63, 3.8) is 0 Å². The Morgan fingerprint density at radius 2 is 1.51 bits per heavy atom. The Hall–Kier alpha value is -2.06. The van der Waals surface area contributed by atoms with E-state index >= 15 is 0 Å². The van der Waals surface area contributed by atoms with Crippen LogP contribution in [0.15, 0.2) is 40.6 Å². The highest BCUT2D eigenvalue weighted by molar-refractivity contribution is 7.86. The summed E-state index contributed by atoms with van der Waals surface area (Å²) in [5, 5.41) is 1.20. The highest BCUT2D eigenvalue weighted by Crippen LogP contribution is 2.46. The molecular formula is C24H27Cl3N3O7S2+. The van der Waals surface area contributed by atoms with Crippen molar-refractivity contribution < 1.29 is 34.9 Å². The second-order valence-corrected chi connectivity index (χ2v) is 13.4. The number of anilines is 2. The van der Waals surface area contributed by atoms with Crippen molar-refractivity contribution in [3.8, 4) is 0 Å². The van der Waals surface area contributed by atoms with Gasteiger partial charge in [0.05, 0.1) is 39.0 Å². The number of aryl methyl sites for hydroxylation is 1. The van der Waals surface area contributed by atoms with Gasteiger partial charge in [-0.05, 0) is 44.0 Å². The zero-order valence-electron chi connectivity index (χ0n) is 20.8. The Morgan fingerprint density at radius 3 is 2.13 bits per heavy atom. The van der Waals surface area contributed by atoms with Crippen molar-refractivity contribution >= 4 is 83.6 Å². The molecule has 0 bridgehead atoms. The molecular weight excluding hydrogens is 613 g/mol. The number of aromatic nitrogens is 1. The van der Waals surface area contributed by atoms with Crippen molar-refractivity contribution in [1.29, 1.82) is 0 Å². The van der Waals surface area contributed by atoms with E-state index in [1.54, 1.807) is 41.0 Å². The highest BCUT2D eigenvalue weighted by Gasteiger charge is 2.34. The van der Waals surface area contributed by atoms with Crippen LogP contribution in [0.5, 0.6) is 0 Å². The van der Waals surface area contributed by atoms with Crippen molar-refractivity contribution in [2.75, 3.05) is 34.4 Å². The van der Waals surface area contributed by atoms with Gasteiger partial charge in [-0.3, -0.25) is 9.11 Å². The lowest BCUT2D eigenvalue weighted by Gasteiger charge is -2.24. The molecule has 0 spiro atoms. The third-order valence-corrected chi connectivity index (χ3v) is 8.80. The molecule has 3 aromatic rings. The van der Waals surface area contributed by atoms with E-state index in [2.05, 4.69) is 0 Å². The number of hydrogen-bond acceptors (Lipinski definition) is 7. The number of hydrogen-bond donors (Lipinski definition) is 2. The summed E-state index contributed by atoms with van der Waals surface area (Å²) in [6.07, 6.45) is 2.61.